The predicted octanol–water partition coefficient (Wildman–Crippen LogP) is 8.65. The van der Waals surface area contributed by atoms with Crippen LogP contribution in [0, 0.1) is 6.92 Å². The van der Waals surface area contributed by atoms with E-state index in [0.29, 0.717) is 24.5 Å². The van der Waals surface area contributed by atoms with E-state index in [4.69, 9.17) is 11.6 Å². The number of Topliss-reactive ketones (excluding diaryl/α,β-unsaturated/α-hetero) is 1. The second-order valence-corrected chi connectivity index (χ2v) is 12.0. The normalized spacial score (nSPS) is 13.1. The molecule has 0 aliphatic carbocycles. The Morgan fingerprint density at radius 3 is 2.15 bits per heavy atom. The standard InChI is InChI=1S/C34H56ClN3O2/c1-7-11-14-15-16-17-18-19-22-34(36-23-12-8-2,33(40)37(6)24-13-9-3)32(39)26-29-27(5)38(10-4)31-21-20-28(35)25-30(29)31/h20-21,25,36H,7-19,22-24,26H2,1-6H3. The molecule has 0 saturated heterocycles. The lowest BCUT2D eigenvalue weighted by Gasteiger charge is -2.36. The molecule has 0 saturated carbocycles. The fourth-order valence-electron chi connectivity index (χ4n) is 5.92. The van der Waals surface area contributed by atoms with Gasteiger partial charge in [0.2, 0.25) is 5.91 Å². The summed E-state index contributed by atoms with van der Waals surface area (Å²) in [6.07, 6.45) is 14.1. The maximum absolute atomic E-state index is 14.5. The third-order valence-corrected chi connectivity index (χ3v) is 8.70. The lowest BCUT2D eigenvalue weighted by molar-refractivity contribution is -0.144. The zero-order chi connectivity index (χ0) is 29.5. The fourth-order valence-corrected chi connectivity index (χ4v) is 6.09. The van der Waals surface area contributed by atoms with Crippen molar-refractivity contribution in [2.45, 2.75) is 137 Å². The number of amides is 1. The van der Waals surface area contributed by atoms with E-state index in [0.717, 1.165) is 73.7 Å². The summed E-state index contributed by atoms with van der Waals surface area (Å²) in [4.78, 5) is 30.5. The molecule has 0 aliphatic heterocycles. The van der Waals surface area contributed by atoms with Crippen LogP contribution in [-0.4, -0.2) is 46.8 Å². The molecule has 5 nitrogen and oxygen atoms in total. The number of hydrogen-bond acceptors (Lipinski definition) is 3. The minimum atomic E-state index is -1.20. The first kappa shape index (κ1) is 34.4. The molecule has 226 valence electrons. The Bertz CT molecular complexity index is 1060. The summed E-state index contributed by atoms with van der Waals surface area (Å²) in [6, 6.07) is 5.92. The number of carbonyl (C=O) groups excluding carboxylic acids is 2. The SMILES string of the molecule is CCCCCCCCCCC(NCCCC)(C(=O)Cc1c(C)n(CC)c2ccc(Cl)cc12)C(=O)N(C)CCCC. The first-order valence-electron chi connectivity index (χ1n) is 16.1. The molecule has 0 fully saturated rings. The minimum absolute atomic E-state index is 0.0156. The van der Waals surface area contributed by atoms with Crippen LogP contribution in [0.5, 0.6) is 0 Å². The van der Waals surface area contributed by atoms with Gasteiger partial charge in [-0.25, -0.2) is 0 Å². The van der Waals surface area contributed by atoms with E-state index in [1.807, 2.05) is 25.2 Å². The van der Waals surface area contributed by atoms with Crippen LogP contribution < -0.4 is 5.32 Å². The molecule has 40 heavy (non-hydrogen) atoms. The van der Waals surface area contributed by atoms with Crippen LogP contribution in [0.15, 0.2) is 18.2 Å². The zero-order valence-corrected chi connectivity index (χ0v) is 27.1. The van der Waals surface area contributed by atoms with E-state index in [2.05, 4.69) is 44.5 Å². The number of fused-ring (bicyclic) bond motifs is 1. The van der Waals surface area contributed by atoms with Crippen LogP contribution in [0.4, 0.5) is 0 Å². The number of likely N-dealkylation sites (N-methyl/N-ethyl adjacent to an activating group) is 1. The molecule has 1 amide bonds. The Kier molecular flexibility index (Phi) is 15.3. The molecule has 1 aromatic carbocycles. The summed E-state index contributed by atoms with van der Waals surface area (Å²) >= 11 is 6.42. The van der Waals surface area contributed by atoms with Crippen LogP contribution in [0.2, 0.25) is 5.02 Å². The highest BCUT2D eigenvalue weighted by atomic mass is 35.5. The summed E-state index contributed by atoms with van der Waals surface area (Å²) in [5.41, 5.74) is 1.96. The van der Waals surface area contributed by atoms with E-state index in [1.165, 1.54) is 32.1 Å². The Morgan fingerprint density at radius 1 is 0.900 bits per heavy atom. The number of unbranched alkanes of at least 4 members (excludes halogenated alkanes) is 9. The van der Waals surface area contributed by atoms with Crippen LogP contribution in [0.25, 0.3) is 10.9 Å². The topological polar surface area (TPSA) is 54.3 Å². The van der Waals surface area contributed by atoms with Crippen molar-refractivity contribution in [1.29, 1.82) is 0 Å². The Balaban J connectivity index is 2.41. The number of nitrogens with one attached hydrogen (secondary N) is 1. The van der Waals surface area contributed by atoms with E-state index < -0.39 is 5.54 Å². The molecule has 1 N–H and O–H groups in total. The van der Waals surface area contributed by atoms with Crippen LogP contribution >= 0.6 is 11.6 Å². The molecule has 0 aliphatic rings. The van der Waals surface area contributed by atoms with Crippen molar-refractivity contribution < 1.29 is 9.59 Å². The smallest absolute Gasteiger partial charge is 0.250 e. The number of halogens is 1. The van der Waals surface area contributed by atoms with Gasteiger partial charge in [-0.15, -0.1) is 0 Å². The molecule has 2 aromatic rings. The second-order valence-electron chi connectivity index (χ2n) is 11.6. The highest BCUT2D eigenvalue weighted by Crippen LogP contribution is 2.31. The fraction of sp³-hybridized carbons (Fsp3) is 0.706. The summed E-state index contributed by atoms with van der Waals surface area (Å²) in [7, 11) is 1.86. The number of hydrogen-bond donors (Lipinski definition) is 1. The van der Waals surface area contributed by atoms with Crippen molar-refractivity contribution in [2.75, 3.05) is 20.1 Å². The van der Waals surface area contributed by atoms with Gasteiger partial charge in [0.15, 0.2) is 11.3 Å². The second kappa shape index (κ2) is 17.9. The van der Waals surface area contributed by atoms with Gasteiger partial charge in [-0.1, -0.05) is 96.6 Å². The Hall–Kier alpha value is -1.85. The van der Waals surface area contributed by atoms with Gasteiger partial charge in [-0.05, 0) is 63.4 Å². The van der Waals surface area contributed by atoms with Gasteiger partial charge in [0.1, 0.15) is 0 Å². The van der Waals surface area contributed by atoms with E-state index in [1.54, 1.807) is 4.90 Å². The molecule has 0 bridgehead atoms. The van der Waals surface area contributed by atoms with Crippen LogP contribution in [-0.2, 0) is 22.6 Å². The van der Waals surface area contributed by atoms with Gasteiger partial charge in [0.05, 0.1) is 0 Å². The van der Waals surface area contributed by atoms with Crippen LogP contribution in [0.1, 0.15) is 122 Å². The van der Waals surface area contributed by atoms with Gasteiger partial charge in [-0.3, -0.25) is 14.9 Å². The predicted molar refractivity (Wildman–Crippen MR) is 171 cm³/mol. The largest absolute Gasteiger partial charge is 0.345 e. The first-order valence-corrected chi connectivity index (χ1v) is 16.5. The molecule has 2 rings (SSSR count). The maximum atomic E-state index is 14.5. The number of aromatic nitrogens is 1. The molecular weight excluding hydrogens is 518 g/mol. The van der Waals surface area contributed by atoms with Crippen LogP contribution in [0.3, 0.4) is 0 Å². The van der Waals surface area contributed by atoms with E-state index in [9.17, 15) is 9.59 Å². The zero-order valence-electron chi connectivity index (χ0n) is 26.3. The van der Waals surface area contributed by atoms with Crippen molar-refractivity contribution in [2.24, 2.45) is 0 Å². The van der Waals surface area contributed by atoms with Gasteiger partial charge >= 0.3 is 0 Å². The molecule has 0 radical (unpaired) electrons. The van der Waals surface area contributed by atoms with Crippen molar-refractivity contribution in [3.05, 3.63) is 34.5 Å². The van der Waals surface area contributed by atoms with Gasteiger partial charge in [0, 0.05) is 48.2 Å². The summed E-state index contributed by atoms with van der Waals surface area (Å²) in [5, 5.41) is 5.23. The number of carbonyl (C=O) groups is 2. The van der Waals surface area contributed by atoms with Gasteiger partial charge in [0.25, 0.3) is 0 Å². The van der Waals surface area contributed by atoms with Crippen molar-refractivity contribution in [3.8, 4) is 0 Å². The number of rotatable bonds is 21. The lowest BCUT2D eigenvalue weighted by Crippen LogP contribution is -2.63. The highest BCUT2D eigenvalue weighted by Gasteiger charge is 2.46. The Morgan fingerprint density at radius 2 is 1.52 bits per heavy atom. The van der Waals surface area contributed by atoms with E-state index >= 15 is 0 Å². The summed E-state index contributed by atoms with van der Waals surface area (Å²) < 4.78 is 2.24. The van der Waals surface area contributed by atoms with Crippen molar-refractivity contribution >= 4 is 34.2 Å². The summed E-state index contributed by atoms with van der Waals surface area (Å²) in [5.74, 6) is -0.0851. The molecule has 1 unspecified atom stereocenters. The number of benzene rings is 1. The molecule has 1 atom stereocenters. The third-order valence-electron chi connectivity index (χ3n) is 8.47. The first-order chi connectivity index (χ1) is 19.3. The maximum Gasteiger partial charge on any atom is 0.250 e. The molecule has 1 aromatic heterocycles. The Labute approximate surface area is 249 Å². The molecule has 1 heterocycles. The summed E-state index contributed by atoms with van der Waals surface area (Å²) in [6.45, 7) is 12.9. The minimum Gasteiger partial charge on any atom is -0.345 e. The third kappa shape index (κ3) is 9.08. The monoisotopic (exact) mass is 573 g/mol. The van der Waals surface area contributed by atoms with Gasteiger partial charge < -0.3 is 9.47 Å². The molecule has 6 heteroatoms. The lowest BCUT2D eigenvalue weighted by atomic mass is 9.82. The molecule has 0 spiro atoms. The van der Waals surface area contributed by atoms with Crippen molar-refractivity contribution in [3.63, 3.8) is 0 Å². The quantitative estimate of drug-likeness (QED) is 0.120. The molecular formula is C34H56ClN3O2. The highest BCUT2D eigenvalue weighted by molar-refractivity contribution is 6.31. The van der Waals surface area contributed by atoms with E-state index in [-0.39, 0.29) is 18.1 Å². The van der Waals surface area contributed by atoms with Crippen molar-refractivity contribution in [1.82, 2.24) is 14.8 Å². The average Bonchev–Trinajstić information content (AvgIpc) is 3.20. The van der Waals surface area contributed by atoms with Gasteiger partial charge in [-0.2, -0.15) is 0 Å². The number of aryl methyl sites for hydroxylation is 1. The number of ketones is 1. The average molecular weight is 574 g/mol. The number of nitrogens with zero attached hydrogens (tertiary/aromatic N) is 2.